The molecule has 1 atom stereocenters. The molecule has 2 aromatic heterocycles. The van der Waals surface area contributed by atoms with Crippen molar-refractivity contribution in [3.05, 3.63) is 57.6 Å². The standard InChI is InChI=1S/C19H17ClN6O2/c1-10(19(28)22-2)24-16-8-17(27)26-14-4-3-11(7-12(14)16)25-15-5-6-23-18(20)13(15)9-21/h3-8,10H,1-2H3,(H,22,28)(H,23,25)(H2,24,26,27)/t10-/m0/s1. The number of aromatic amines is 1. The van der Waals surface area contributed by atoms with Gasteiger partial charge in [0.2, 0.25) is 11.5 Å². The summed E-state index contributed by atoms with van der Waals surface area (Å²) in [6, 6.07) is 9.85. The van der Waals surface area contributed by atoms with Crippen molar-refractivity contribution in [3.63, 3.8) is 0 Å². The molecule has 0 unspecified atom stereocenters. The average molecular weight is 397 g/mol. The summed E-state index contributed by atoms with van der Waals surface area (Å²) in [5, 5.41) is 18.9. The molecule has 1 aromatic carbocycles. The Kier molecular flexibility index (Phi) is 5.47. The van der Waals surface area contributed by atoms with Gasteiger partial charge in [0.1, 0.15) is 22.8 Å². The minimum absolute atomic E-state index is 0.111. The van der Waals surface area contributed by atoms with E-state index in [-0.39, 0.29) is 22.2 Å². The van der Waals surface area contributed by atoms with Crippen LogP contribution in [0.1, 0.15) is 12.5 Å². The van der Waals surface area contributed by atoms with Crippen LogP contribution >= 0.6 is 11.6 Å². The minimum atomic E-state index is -0.532. The Morgan fingerprint density at radius 3 is 2.79 bits per heavy atom. The third kappa shape index (κ3) is 3.89. The molecule has 0 radical (unpaired) electrons. The number of halogens is 1. The van der Waals surface area contributed by atoms with E-state index >= 15 is 0 Å². The SMILES string of the molecule is CNC(=O)[C@H](C)Nc1cc(=O)[nH]c2ccc(Nc3ccnc(Cl)c3C#N)cc12. The molecule has 9 heteroatoms. The minimum Gasteiger partial charge on any atom is -0.373 e. The van der Waals surface area contributed by atoms with Crippen LogP contribution in [-0.4, -0.2) is 29.0 Å². The molecule has 0 bridgehead atoms. The lowest BCUT2D eigenvalue weighted by atomic mass is 10.1. The van der Waals surface area contributed by atoms with Gasteiger partial charge in [0, 0.05) is 36.1 Å². The number of nitrogens with zero attached hydrogens (tertiary/aromatic N) is 2. The van der Waals surface area contributed by atoms with Crippen molar-refractivity contribution in [1.29, 1.82) is 5.26 Å². The summed E-state index contributed by atoms with van der Waals surface area (Å²) in [4.78, 5) is 30.4. The summed E-state index contributed by atoms with van der Waals surface area (Å²) in [5.41, 5.74) is 2.27. The van der Waals surface area contributed by atoms with Crippen LogP contribution in [0.5, 0.6) is 0 Å². The molecule has 142 valence electrons. The fraction of sp³-hybridized carbons (Fsp3) is 0.158. The smallest absolute Gasteiger partial charge is 0.250 e. The van der Waals surface area contributed by atoms with Gasteiger partial charge in [-0.15, -0.1) is 0 Å². The highest BCUT2D eigenvalue weighted by atomic mass is 35.5. The molecule has 0 aliphatic rings. The second-order valence-corrected chi connectivity index (χ2v) is 6.41. The third-order valence-corrected chi connectivity index (χ3v) is 4.44. The van der Waals surface area contributed by atoms with Crippen LogP contribution in [0, 0.1) is 11.3 Å². The van der Waals surface area contributed by atoms with Gasteiger partial charge in [0.15, 0.2) is 0 Å². The van der Waals surface area contributed by atoms with Crippen LogP contribution in [0.2, 0.25) is 5.15 Å². The number of aromatic nitrogens is 2. The number of rotatable bonds is 5. The number of nitriles is 1. The Labute approximate surface area is 165 Å². The van der Waals surface area contributed by atoms with Crippen molar-refractivity contribution in [2.75, 3.05) is 17.7 Å². The highest BCUT2D eigenvalue weighted by Crippen LogP contribution is 2.28. The van der Waals surface area contributed by atoms with Gasteiger partial charge < -0.3 is 20.9 Å². The van der Waals surface area contributed by atoms with Gasteiger partial charge in [0.05, 0.1) is 11.2 Å². The van der Waals surface area contributed by atoms with Gasteiger partial charge in [-0.2, -0.15) is 5.26 Å². The molecule has 0 aliphatic heterocycles. The van der Waals surface area contributed by atoms with Gasteiger partial charge >= 0.3 is 0 Å². The zero-order chi connectivity index (χ0) is 20.3. The number of carbonyl (C=O) groups is 1. The number of carbonyl (C=O) groups excluding carboxylic acids is 1. The van der Waals surface area contributed by atoms with E-state index in [2.05, 4.69) is 25.9 Å². The van der Waals surface area contributed by atoms with Gasteiger partial charge in [-0.1, -0.05) is 11.6 Å². The average Bonchev–Trinajstić information content (AvgIpc) is 2.67. The van der Waals surface area contributed by atoms with Crippen molar-refractivity contribution in [2.45, 2.75) is 13.0 Å². The summed E-state index contributed by atoms with van der Waals surface area (Å²) in [6.07, 6.45) is 1.50. The van der Waals surface area contributed by atoms with E-state index in [0.717, 1.165) is 0 Å². The van der Waals surface area contributed by atoms with Crippen molar-refractivity contribution >= 4 is 45.5 Å². The number of benzene rings is 1. The Balaban J connectivity index is 2.03. The molecule has 3 aromatic rings. The Morgan fingerprint density at radius 2 is 2.07 bits per heavy atom. The van der Waals surface area contributed by atoms with Gasteiger partial charge in [-0.05, 0) is 31.2 Å². The number of likely N-dealkylation sites (N-methyl/N-ethyl adjacent to an activating group) is 1. The first-order valence-corrected chi connectivity index (χ1v) is 8.77. The van der Waals surface area contributed by atoms with E-state index in [9.17, 15) is 14.9 Å². The summed E-state index contributed by atoms with van der Waals surface area (Å²) in [7, 11) is 1.55. The quantitative estimate of drug-likeness (QED) is 0.492. The maximum atomic E-state index is 12.0. The highest BCUT2D eigenvalue weighted by Gasteiger charge is 2.14. The summed E-state index contributed by atoms with van der Waals surface area (Å²) in [6.45, 7) is 1.70. The van der Waals surface area contributed by atoms with E-state index in [0.29, 0.717) is 28.0 Å². The van der Waals surface area contributed by atoms with Gasteiger partial charge in [0.25, 0.3) is 0 Å². The third-order valence-electron chi connectivity index (χ3n) is 4.15. The zero-order valence-corrected chi connectivity index (χ0v) is 15.9. The largest absolute Gasteiger partial charge is 0.373 e. The molecule has 3 rings (SSSR count). The molecule has 0 saturated heterocycles. The number of nitrogens with one attached hydrogen (secondary N) is 4. The molecule has 8 nitrogen and oxygen atoms in total. The van der Waals surface area contributed by atoms with Gasteiger partial charge in [-0.3, -0.25) is 9.59 Å². The maximum absolute atomic E-state index is 12.0. The number of H-pyrrole nitrogens is 1. The van der Waals surface area contributed by atoms with Crippen LogP contribution in [0.25, 0.3) is 10.9 Å². The number of hydrogen-bond donors (Lipinski definition) is 4. The van der Waals surface area contributed by atoms with E-state index in [1.165, 1.54) is 12.3 Å². The fourth-order valence-corrected chi connectivity index (χ4v) is 2.97. The summed E-state index contributed by atoms with van der Waals surface area (Å²) < 4.78 is 0. The van der Waals surface area contributed by atoms with E-state index < -0.39 is 6.04 Å². The second-order valence-electron chi connectivity index (χ2n) is 6.05. The fourth-order valence-electron chi connectivity index (χ4n) is 2.77. The Hall–Kier alpha value is -3.57. The number of anilines is 3. The van der Waals surface area contributed by atoms with Crippen LogP contribution in [-0.2, 0) is 4.79 Å². The van der Waals surface area contributed by atoms with Crippen LogP contribution in [0.4, 0.5) is 17.1 Å². The lowest BCUT2D eigenvalue weighted by Crippen LogP contribution is -2.35. The molecule has 28 heavy (non-hydrogen) atoms. The van der Waals surface area contributed by atoms with Crippen molar-refractivity contribution in [2.24, 2.45) is 0 Å². The summed E-state index contributed by atoms with van der Waals surface area (Å²) >= 11 is 5.97. The maximum Gasteiger partial charge on any atom is 0.250 e. The van der Waals surface area contributed by atoms with E-state index in [1.807, 2.05) is 6.07 Å². The number of fused-ring (bicyclic) bond motifs is 1. The second kappa shape index (κ2) is 7.98. The van der Waals surface area contributed by atoms with Crippen LogP contribution in [0.3, 0.4) is 0 Å². The van der Waals surface area contributed by atoms with Crippen LogP contribution < -0.4 is 21.5 Å². The first-order valence-electron chi connectivity index (χ1n) is 8.39. The molecule has 0 spiro atoms. The molecular weight excluding hydrogens is 380 g/mol. The molecule has 0 aliphatic carbocycles. The number of hydrogen-bond acceptors (Lipinski definition) is 6. The molecule has 0 fully saturated rings. The molecule has 1 amide bonds. The normalized spacial score (nSPS) is 11.5. The summed E-state index contributed by atoms with van der Waals surface area (Å²) in [5.74, 6) is -0.201. The van der Waals surface area contributed by atoms with Crippen LogP contribution in [0.15, 0.2) is 41.3 Å². The predicted molar refractivity (Wildman–Crippen MR) is 109 cm³/mol. The monoisotopic (exact) mass is 396 g/mol. The molecular formula is C19H17ClN6O2. The first-order chi connectivity index (χ1) is 13.4. The lowest BCUT2D eigenvalue weighted by molar-refractivity contribution is -0.121. The number of pyridine rings is 2. The van der Waals surface area contributed by atoms with Crippen molar-refractivity contribution < 1.29 is 4.79 Å². The molecule has 2 heterocycles. The Bertz CT molecular complexity index is 1150. The zero-order valence-electron chi connectivity index (χ0n) is 15.1. The predicted octanol–water partition coefficient (Wildman–Crippen LogP) is 2.74. The highest BCUT2D eigenvalue weighted by molar-refractivity contribution is 6.31. The van der Waals surface area contributed by atoms with Crippen molar-refractivity contribution in [1.82, 2.24) is 15.3 Å². The van der Waals surface area contributed by atoms with Crippen molar-refractivity contribution in [3.8, 4) is 6.07 Å². The topological polar surface area (TPSA) is 123 Å². The molecule has 4 N–H and O–H groups in total. The lowest BCUT2D eigenvalue weighted by Gasteiger charge is -2.16. The van der Waals surface area contributed by atoms with E-state index in [1.54, 1.807) is 38.2 Å². The van der Waals surface area contributed by atoms with Gasteiger partial charge in [-0.25, -0.2) is 4.98 Å². The Morgan fingerprint density at radius 1 is 1.29 bits per heavy atom. The number of amides is 1. The molecule has 0 saturated carbocycles. The van der Waals surface area contributed by atoms with E-state index in [4.69, 9.17) is 11.6 Å². The first kappa shape index (κ1) is 19.2.